The second kappa shape index (κ2) is 17.0. The van der Waals surface area contributed by atoms with Crippen LogP contribution in [0.5, 0.6) is 5.75 Å². The molecular formula is C32H52F2N4O3. The van der Waals surface area contributed by atoms with Crippen LogP contribution >= 0.6 is 0 Å². The van der Waals surface area contributed by atoms with Crippen LogP contribution in [0.1, 0.15) is 113 Å². The average Bonchev–Trinajstić information content (AvgIpc) is 3.64. The number of nitrogens with two attached hydrogens (primary N) is 1. The first-order valence-electron chi connectivity index (χ1n) is 14.7. The van der Waals surface area contributed by atoms with Gasteiger partial charge in [0.05, 0.1) is 18.0 Å². The van der Waals surface area contributed by atoms with E-state index in [1.807, 2.05) is 27.7 Å². The molecule has 0 bridgehead atoms. The van der Waals surface area contributed by atoms with E-state index in [-0.39, 0.29) is 41.8 Å². The number of halogens is 2. The Balaban J connectivity index is 0.00000142. The molecule has 1 aromatic carbocycles. The number of amides is 2. The standard InChI is InChI=1S/C22H28F2N4O3.2C3H8.C2H6.C2H2/c1-21(2)9-17(29)28(20(25)27-21)10-11-5-13(11)19(30)26-16-8-22(3,4)31-18-14(16)6-12(23)7-15(18)24;2*1-3-2;2*1-2/h6-7,11,13,16H,5,8-10H2,1-4H3,(H2,25,27)(H,26,30);2*3H2,1-2H3;1-2H3;1-2H/t11-,13?,16+;;;;/m1..../s1. The smallest absolute Gasteiger partial charge is 0.231 e. The van der Waals surface area contributed by atoms with E-state index in [2.05, 4.69) is 50.9 Å². The van der Waals surface area contributed by atoms with E-state index in [0.717, 1.165) is 6.07 Å². The second-order valence-electron chi connectivity index (χ2n) is 11.4. The minimum Gasteiger partial charge on any atom is -0.484 e. The normalized spacial score (nSPS) is 22.5. The van der Waals surface area contributed by atoms with Gasteiger partial charge in [-0.1, -0.05) is 54.4 Å². The lowest BCUT2D eigenvalue weighted by Crippen LogP contribution is -2.50. The van der Waals surface area contributed by atoms with Crippen LogP contribution < -0.4 is 15.8 Å². The van der Waals surface area contributed by atoms with Gasteiger partial charge < -0.3 is 15.8 Å². The second-order valence-corrected chi connectivity index (χ2v) is 11.4. The van der Waals surface area contributed by atoms with Crippen molar-refractivity contribution in [2.75, 3.05) is 6.54 Å². The first-order chi connectivity index (χ1) is 19.2. The average molecular weight is 579 g/mol. The highest BCUT2D eigenvalue weighted by atomic mass is 19.1. The van der Waals surface area contributed by atoms with Gasteiger partial charge in [-0.2, -0.15) is 0 Å². The Hall–Kier alpha value is -3.15. The zero-order valence-corrected chi connectivity index (χ0v) is 26.7. The molecule has 0 aromatic heterocycles. The van der Waals surface area contributed by atoms with Crippen molar-refractivity contribution < 1.29 is 23.1 Å². The monoisotopic (exact) mass is 578 g/mol. The molecule has 9 heteroatoms. The highest BCUT2D eigenvalue weighted by Gasteiger charge is 2.47. The van der Waals surface area contributed by atoms with E-state index in [1.54, 1.807) is 13.8 Å². The Morgan fingerprint density at radius 3 is 2.17 bits per heavy atom. The third-order valence-electron chi connectivity index (χ3n) is 6.06. The van der Waals surface area contributed by atoms with E-state index >= 15 is 0 Å². The molecule has 2 amide bonds. The topological polar surface area (TPSA) is 97.0 Å². The summed E-state index contributed by atoms with van der Waals surface area (Å²) in [4.78, 5) is 31.1. The van der Waals surface area contributed by atoms with Crippen LogP contribution in [0.25, 0.3) is 0 Å². The van der Waals surface area contributed by atoms with Crippen molar-refractivity contribution in [2.45, 2.75) is 119 Å². The summed E-state index contributed by atoms with van der Waals surface area (Å²) in [5.41, 5.74) is 5.03. The van der Waals surface area contributed by atoms with E-state index in [0.29, 0.717) is 24.9 Å². The number of aliphatic imine (C=N–C) groups is 1. The summed E-state index contributed by atoms with van der Waals surface area (Å²) in [6.07, 6.45) is 11.8. The van der Waals surface area contributed by atoms with Crippen LogP contribution in [0.2, 0.25) is 0 Å². The molecule has 7 nitrogen and oxygen atoms in total. The number of benzene rings is 1. The lowest BCUT2D eigenvalue weighted by Gasteiger charge is -2.38. The molecule has 3 atom stereocenters. The lowest BCUT2D eigenvalue weighted by molar-refractivity contribution is -0.130. The number of guanidine groups is 1. The molecule has 0 spiro atoms. The predicted molar refractivity (Wildman–Crippen MR) is 163 cm³/mol. The number of nitrogens with zero attached hydrogens (tertiary/aromatic N) is 2. The van der Waals surface area contributed by atoms with Crippen LogP contribution in [0.15, 0.2) is 17.1 Å². The maximum absolute atomic E-state index is 14.3. The minimum atomic E-state index is -0.785. The number of carbonyl (C=O) groups excluding carboxylic acids is 2. The Labute approximate surface area is 246 Å². The van der Waals surface area contributed by atoms with E-state index < -0.39 is 28.8 Å². The number of hydrogen-bond donors (Lipinski definition) is 2. The van der Waals surface area contributed by atoms with Crippen molar-refractivity contribution >= 4 is 17.8 Å². The maximum atomic E-state index is 14.3. The molecule has 1 aliphatic carbocycles. The molecule has 3 N–H and O–H groups in total. The molecule has 232 valence electrons. The quantitative estimate of drug-likeness (QED) is 0.386. The van der Waals surface area contributed by atoms with Gasteiger partial charge in [0.1, 0.15) is 11.4 Å². The largest absolute Gasteiger partial charge is 0.484 e. The predicted octanol–water partition coefficient (Wildman–Crippen LogP) is 6.75. The molecule has 1 saturated carbocycles. The minimum absolute atomic E-state index is 0.0270. The van der Waals surface area contributed by atoms with Crippen molar-refractivity contribution in [3.8, 4) is 18.6 Å². The molecular weight excluding hydrogens is 526 g/mol. The van der Waals surface area contributed by atoms with Crippen LogP contribution in [0.4, 0.5) is 8.78 Å². The summed E-state index contributed by atoms with van der Waals surface area (Å²) in [7, 11) is 0. The van der Waals surface area contributed by atoms with Gasteiger partial charge in [0.15, 0.2) is 17.5 Å². The van der Waals surface area contributed by atoms with Crippen LogP contribution in [0, 0.1) is 36.3 Å². The number of carbonyl (C=O) groups is 2. The summed E-state index contributed by atoms with van der Waals surface area (Å²) in [6.45, 7) is 20.1. The molecule has 1 fully saturated rings. The molecule has 1 unspecified atom stereocenters. The third-order valence-corrected chi connectivity index (χ3v) is 6.06. The van der Waals surface area contributed by atoms with Gasteiger partial charge >= 0.3 is 0 Å². The van der Waals surface area contributed by atoms with Crippen molar-refractivity contribution in [3.63, 3.8) is 0 Å². The molecule has 0 radical (unpaired) electrons. The number of ether oxygens (including phenoxy) is 1. The zero-order valence-electron chi connectivity index (χ0n) is 26.7. The first-order valence-corrected chi connectivity index (χ1v) is 14.7. The van der Waals surface area contributed by atoms with Gasteiger partial charge in [0.25, 0.3) is 0 Å². The van der Waals surface area contributed by atoms with Gasteiger partial charge in [0.2, 0.25) is 11.8 Å². The van der Waals surface area contributed by atoms with Crippen LogP contribution in [-0.2, 0) is 9.59 Å². The Bertz CT molecular complexity index is 1050. The zero-order chi connectivity index (χ0) is 32.1. The van der Waals surface area contributed by atoms with Gasteiger partial charge in [0, 0.05) is 30.5 Å². The molecule has 0 saturated heterocycles. The first kappa shape index (κ1) is 37.9. The fourth-order valence-corrected chi connectivity index (χ4v) is 4.48. The molecule has 3 aliphatic rings. The van der Waals surface area contributed by atoms with Crippen molar-refractivity contribution in [3.05, 3.63) is 29.3 Å². The van der Waals surface area contributed by atoms with Crippen LogP contribution in [0.3, 0.4) is 0 Å². The Morgan fingerprint density at radius 1 is 1.12 bits per heavy atom. The number of nitrogens with one attached hydrogen (secondary N) is 1. The Kier molecular flexibility index (Phi) is 15.7. The van der Waals surface area contributed by atoms with E-state index in [4.69, 9.17) is 10.5 Å². The summed E-state index contributed by atoms with van der Waals surface area (Å²) in [5.74, 6) is -1.98. The molecule has 2 heterocycles. The van der Waals surface area contributed by atoms with Gasteiger partial charge in [-0.25, -0.2) is 13.8 Å². The van der Waals surface area contributed by atoms with E-state index in [9.17, 15) is 18.4 Å². The molecule has 1 aromatic rings. The number of fused-ring (bicyclic) bond motifs is 1. The van der Waals surface area contributed by atoms with E-state index in [1.165, 1.54) is 23.8 Å². The van der Waals surface area contributed by atoms with Crippen molar-refractivity contribution in [1.82, 2.24) is 10.2 Å². The van der Waals surface area contributed by atoms with Crippen LogP contribution in [-0.4, -0.2) is 40.4 Å². The number of hydrogen-bond acceptors (Lipinski definition) is 5. The summed E-state index contributed by atoms with van der Waals surface area (Å²) < 4.78 is 33.8. The van der Waals surface area contributed by atoms with Gasteiger partial charge in [-0.05, 0) is 46.1 Å². The highest BCUT2D eigenvalue weighted by molar-refractivity contribution is 5.99. The Morgan fingerprint density at radius 2 is 1.66 bits per heavy atom. The number of terminal acetylenes is 1. The van der Waals surface area contributed by atoms with Gasteiger partial charge in [-0.15, -0.1) is 12.8 Å². The molecule has 41 heavy (non-hydrogen) atoms. The molecule has 4 rings (SSSR count). The van der Waals surface area contributed by atoms with Crippen molar-refractivity contribution in [2.24, 2.45) is 22.6 Å². The summed E-state index contributed by atoms with van der Waals surface area (Å²) in [6, 6.07) is 1.41. The van der Waals surface area contributed by atoms with Gasteiger partial charge in [-0.3, -0.25) is 14.5 Å². The third kappa shape index (κ3) is 11.3. The summed E-state index contributed by atoms with van der Waals surface area (Å²) >= 11 is 0. The number of rotatable bonds is 4. The maximum Gasteiger partial charge on any atom is 0.231 e. The fraction of sp³-hybridized carbons (Fsp3) is 0.656. The summed E-state index contributed by atoms with van der Waals surface area (Å²) in [5, 5.41) is 2.93. The lowest BCUT2D eigenvalue weighted by atomic mass is 9.89. The fourth-order valence-electron chi connectivity index (χ4n) is 4.48. The SMILES string of the molecule is C#C.CC.CC1(C)CC(=O)N(C[C@H]2CC2C(=O)N[C@H]2CC(C)(C)Oc3c(F)cc(F)cc32)C(N)=N1.CCC.CCC. The highest BCUT2D eigenvalue weighted by Crippen LogP contribution is 2.44. The van der Waals surface area contributed by atoms with Crippen molar-refractivity contribution in [1.29, 1.82) is 0 Å². The molecule has 2 aliphatic heterocycles.